The Labute approximate surface area is 171 Å². The van der Waals surface area contributed by atoms with Gasteiger partial charge in [0.2, 0.25) is 0 Å². The van der Waals surface area contributed by atoms with E-state index in [1.807, 2.05) is 55.0 Å². The van der Waals surface area contributed by atoms with Gasteiger partial charge in [-0.15, -0.1) is 0 Å². The molecular weight excluding hydrogens is 372 g/mol. The molecule has 1 aromatic carbocycles. The number of pyridine rings is 3. The molecule has 6 nitrogen and oxygen atoms in total. The molecule has 0 aliphatic rings. The molecule has 0 bridgehead atoms. The van der Waals surface area contributed by atoms with Gasteiger partial charge < -0.3 is 4.98 Å². The summed E-state index contributed by atoms with van der Waals surface area (Å²) >= 11 is 0. The van der Waals surface area contributed by atoms with E-state index in [2.05, 4.69) is 54.4 Å². The molecular formula is C24H16N6. The van der Waals surface area contributed by atoms with E-state index in [1.165, 1.54) is 0 Å². The van der Waals surface area contributed by atoms with Crippen molar-refractivity contribution >= 4 is 21.8 Å². The second kappa shape index (κ2) is 6.63. The molecule has 142 valence electrons. The average Bonchev–Trinajstić information content (AvgIpc) is 3.43. The number of fused-ring (bicyclic) bond motifs is 2. The van der Waals surface area contributed by atoms with Crippen molar-refractivity contribution in [1.82, 2.24) is 30.1 Å². The highest BCUT2D eigenvalue weighted by molar-refractivity contribution is 6.01. The summed E-state index contributed by atoms with van der Waals surface area (Å²) < 4.78 is 0. The molecule has 0 amide bonds. The topological polar surface area (TPSA) is 83.1 Å². The van der Waals surface area contributed by atoms with Gasteiger partial charge in [-0.05, 0) is 42.5 Å². The second-order valence-corrected chi connectivity index (χ2v) is 7.09. The quantitative estimate of drug-likeness (QED) is 0.435. The lowest BCUT2D eigenvalue weighted by atomic mass is 10.1. The molecule has 0 aliphatic carbocycles. The van der Waals surface area contributed by atoms with Crippen molar-refractivity contribution in [3.05, 3.63) is 85.5 Å². The van der Waals surface area contributed by atoms with E-state index in [1.54, 1.807) is 6.20 Å². The molecule has 0 saturated carbocycles. The largest absolute Gasteiger partial charge is 0.353 e. The van der Waals surface area contributed by atoms with Gasteiger partial charge in [-0.25, -0.2) is 0 Å². The van der Waals surface area contributed by atoms with Crippen LogP contribution in [0.15, 0.2) is 85.5 Å². The zero-order valence-electron chi connectivity index (χ0n) is 15.9. The first kappa shape index (κ1) is 16.6. The van der Waals surface area contributed by atoms with Gasteiger partial charge in [0.15, 0.2) is 0 Å². The van der Waals surface area contributed by atoms with Crippen molar-refractivity contribution < 1.29 is 0 Å². The van der Waals surface area contributed by atoms with E-state index in [9.17, 15) is 0 Å². The summed E-state index contributed by atoms with van der Waals surface area (Å²) in [7, 11) is 0. The number of H-pyrrole nitrogens is 2. The van der Waals surface area contributed by atoms with Gasteiger partial charge in [-0.3, -0.25) is 20.1 Å². The Morgan fingerprint density at radius 1 is 0.700 bits per heavy atom. The fourth-order valence-electron chi connectivity index (χ4n) is 3.82. The number of hydrogen-bond donors (Lipinski definition) is 2. The average molecular weight is 388 g/mol. The molecule has 0 radical (unpaired) electrons. The van der Waals surface area contributed by atoms with Crippen LogP contribution < -0.4 is 0 Å². The summed E-state index contributed by atoms with van der Waals surface area (Å²) in [6.07, 6.45) is 7.21. The van der Waals surface area contributed by atoms with Crippen LogP contribution in [0.1, 0.15) is 0 Å². The number of aromatic amines is 2. The van der Waals surface area contributed by atoms with E-state index >= 15 is 0 Å². The zero-order chi connectivity index (χ0) is 19.9. The summed E-state index contributed by atoms with van der Waals surface area (Å²) in [5.74, 6) is 0. The lowest BCUT2D eigenvalue weighted by Gasteiger charge is -2.01. The van der Waals surface area contributed by atoms with Gasteiger partial charge in [0.25, 0.3) is 0 Å². The molecule has 6 heteroatoms. The third-order valence-corrected chi connectivity index (χ3v) is 5.26. The highest BCUT2D eigenvalue weighted by Crippen LogP contribution is 2.34. The van der Waals surface area contributed by atoms with Gasteiger partial charge in [0.1, 0.15) is 5.69 Å². The van der Waals surface area contributed by atoms with Crippen molar-refractivity contribution in [1.29, 1.82) is 0 Å². The minimum Gasteiger partial charge on any atom is -0.353 e. The standard InChI is InChI=1S/C24H16N6/c1-2-10-26-19(7-1)16-6-3-8-20-17(16)11-22(28-20)24-18-12-21(15-5-4-9-25-13-15)27-14-23(18)29-30-24/h1-14,28H,(H,29,30). The molecule has 30 heavy (non-hydrogen) atoms. The molecule has 0 spiro atoms. The molecule has 0 unspecified atom stereocenters. The SMILES string of the molecule is c1ccc(-c2cccc3[nH]c(-c4n[nH]c5cnc(-c6cccnc6)cc45)cc23)nc1. The van der Waals surface area contributed by atoms with Gasteiger partial charge in [-0.2, -0.15) is 5.10 Å². The highest BCUT2D eigenvalue weighted by atomic mass is 15.1. The maximum Gasteiger partial charge on any atom is 0.116 e. The Kier molecular flexibility index (Phi) is 3.67. The van der Waals surface area contributed by atoms with E-state index in [-0.39, 0.29) is 0 Å². The maximum absolute atomic E-state index is 4.57. The van der Waals surface area contributed by atoms with E-state index in [0.29, 0.717) is 0 Å². The van der Waals surface area contributed by atoms with Crippen LogP contribution in [0, 0.1) is 0 Å². The second-order valence-electron chi connectivity index (χ2n) is 7.09. The van der Waals surface area contributed by atoms with E-state index in [4.69, 9.17) is 0 Å². The Bertz CT molecular complexity index is 1480. The van der Waals surface area contributed by atoms with Gasteiger partial charge in [0.05, 0.1) is 28.8 Å². The Hall–Kier alpha value is -4.32. The number of hydrogen-bond acceptors (Lipinski definition) is 4. The fourth-order valence-corrected chi connectivity index (χ4v) is 3.82. The highest BCUT2D eigenvalue weighted by Gasteiger charge is 2.15. The van der Waals surface area contributed by atoms with Crippen LogP contribution in [0.2, 0.25) is 0 Å². The fraction of sp³-hybridized carbons (Fsp3) is 0. The normalized spacial score (nSPS) is 11.3. The minimum atomic E-state index is 0.862. The predicted octanol–water partition coefficient (Wildman–Crippen LogP) is 5.23. The van der Waals surface area contributed by atoms with Crippen molar-refractivity contribution in [2.75, 3.05) is 0 Å². The van der Waals surface area contributed by atoms with Crippen molar-refractivity contribution in [3.63, 3.8) is 0 Å². The summed E-state index contributed by atoms with van der Waals surface area (Å²) in [5, 5.41) is 9.79. The van der Waals surface area contributed by atoms with Crippen LogP contribution in [-0.2, 0) is 0 Å². The first-order valence-corrected chi connectivity index (χ1v) is 9.65. The monoisotopic (exact) mass is 388 g/mol. The number of rotatable bonds is 3. The molecule has 5 aromatic heterocycles. The number of nitrogens with one attached hydrogen (secondary N) is 2. The Morgan fingerprint density at radius 2 is 1.70 bits per heavy atom. The van der Waals surface area contributed by atoms with Crippen LogP contribution in [-0.4, -0.2) is 30.1 Å². The van der Waals surface area contributed by atoms with E-state index in [0.717, 1.165) is 55.7 Å². The molecule has 0 aliphatic heterocycles. The van der Waals surface area contributed by atoms with Crippen molar-refractivity contribution in [2.24, 2.45) is 0 Å². The minimum absolute atomic E-state index is 0.862. The Morgan fingerprint density at radius 3 is 2.57 bits per heavy atom. The molecule has 0 atom stereocenters. The molecule has 2 N–H and O–H groups in total. The predicted molar refractivity (Wildman–Crippen MR) is 118 cm³/mol. The number of aromatic nitrogens is 6. The van der Waals surface area contributed by atoms with Crippen LogP contribution in [0.5, 0.6) is 0 Å². The van der Waals surface area contributed by atoms with Crippen LogP contribution in [0.3, 0.4) is 0 Å². The summed E-state index contributed by atoms with van der Waals surface area (Å²) in [4.78, 5) is 16.8. The van der Waals surface area contributed by atoms with Gasteiger partial charge >= 0.3 is 0 Å². The zero-order valence-corrected chi connectivity index (χ0v) is 15.9. The smallest absolute Gasteiger partial charge is 0.116 e. The van der Waals surface area contributed by atoms with Crippen LogP contribution >= 0.6 is 0 Å². The molecule has 0 saturated heterocycles. The summed E-state index contributed by atoms with van der Waals surface area (Å²) in [5.41, 5.74) is 7.62. The van der Waals surface area contributed by atoms with Crippen LogP contribution in [0.4, 0.5) is 0 Å². The lowest BCUT2D eigenvalue weighted by molar-refractivity contribution is 1.11. The molecule has 6 rings (SSSR count). The number of nitrogens with zero attached hydrogens (tertiary/aromatic N) is 4. The van der Waals surface area contributed by atoms with E-state index < -0.39 is 0 Å². The third-order valence-electron chi connectivity index (χ3n) is 5.26. The summed E-state index contributed by atoms with van der Waals surface area (Å²) in [6.45, 7) is 0. The molecule has 5 heterocycles. The first-order chi connectivity index (χ1) is 14.9. The van der Waals surface area contributed by atoms with Crippen LogP contribution in [0.25, 0.3) is 55.7 Å². The molecule has 0 fully saturated rings. The molecule has 6 aromatic rings. The van der Waals surface area contributed by atoms with Gasteiger partial charge in [0, 0.05) is 46.0 Å². The van der Waals surface area contributed by atoms with Crippen molar-refractivity contribution in [3.8, 4) is 33.9 Å². The lowest BCUT2D eigenvalue weighted by Crippen LogP contribution is -1.85. The summed E-state index contributed by atoms with van der Waals surface area (Å²) in [6, 6.07) is 20.3. The van der Waals surface area contributed by atoms with Crippen molar-refractivity contribution in [2.45, 2.75) is 0 Å². The maximum atomic E-state index is 4.57. The first-order valence-electron chi connectivity index (χ1n) is 9.65. The Balaban J connectivity index is 1.52. The number of benzene rings is 1. The third kappa shape index (κ3) is 2.66. The van der Waals surface area contributed by atoms with Gasteiger partial charge in [-0.1, -0.05) is 18.2 Å².